The zero-order valence-corrected chi connectivity index (χ0v) is 20.3. The van der Waals surface area contributed by atoms with Crippen LogP contribution in [0.1, 0.15) is 23.6 Å². The Hall–Kier alpha value is -4.33. The van der Waals surface area contributed by atoms with E-state index in [9.17, 15) is 9.59 Å². The van der Waals surface area contributed by atoms with E-state index < -0.39 is 6.10 Å². The van der Waals surface area contributed by atoms with Gasteiger partial charge in [-0.05, 0) is 35.4 Å². The number of hydrazone groups is 1. The number of nitrogens with one attached hydrogen (secondary N) is 1. The van der Waals surface area contributed by atoms with Crippen LogP contribution in [0.4, 0.5) is 5.69 Å². The second kappa shape index (κ2) is 10.1. The Morgan fingerprint density at radius 2 is 1.75 bits per heavy atom. The van der Waals surface area contributed by atoms with Crippen LogP contribution in [-0.2, 0) is 9.59 Å². The zero-order chi connectivity index (χ0) is 25.1. The number of nitrogens with zero attached hydrogens (tertiary/aromatic N) is 3. The molecule has 0 fully saturated rings. The Labute approximate surface area is 210 Å². The summed E-state index contributed by atoms with van der Waals surface area (Å²) in [4.78, 5) is 28.0. The molecule has 0 radical (unpaired) electrons. The van der Waals surface area contributed by atoms with Crippen LogP contribution >= 0.6 is 0 Å². The number of carbonyl (C=O) groups excluding carboxylic acids is 2. The van der Waals surface area contributed by atoms with Crippen molar-refractivity contribution in [2.75, 3.05) is 32.1 Å². The molecule has 2 amide bonds. The van der Waals surface area contributed by atoms with E-state index in [0.717, 1.165) is 28.3 Å². The van der Waals surface area contributed by atoms with Gasteiger partial charge in [-0.25, -0.2) is 5.01 Å². The average Bonchev–Trinajstić information content (AvgIpc) is 3.39. The lowest BCUT2D eigenvalue weighted by molar-refractivity contribution is -0.132. The van der Waals surface area contributed by atoms with Crippen molar-refractivity contribution >= 4 is 23.2 Å². The Morgan fingerprint density at radius 1 is 1.03 bits per heavy atom. The summed E-state index contributed by atoms with van der Waals surface area (Å²) in [6.07, 6.45) is -0.111. The number of anilines is 1. The first-order valence-electron chi connectivity index (χ1n) is 11.9. The fourth-order valence-electron chi connectivity index (χ4n) is 4.62. The van der Waals surface area contributed by atoms with Crippen molar-refractivity contribution < 1.29 is 19.1 Å². The number of carbonyl (C=O) groups is 2. The molecule has 0 saturated carbocycles. The maximum atomic E-state index is 13.8. The molecule has 2 heterocycles. The van der Waals surface area contributed by atoms with Crippen molar-refractivity contribution in [1.29, 1.82) is 0 Å². The van der Waals surface area contributed by atoms with Crippen LogP contribution in [-0.4, -0.2) is 55.9 Å². The molecule has 184 valence electrons. The van der Waals surface area contributed by atoms with Gasteiger partial charge in [-0.3, -0.25) is 9.59 Å². The SMILES string of the molecule is CNC(=O)[C@@H]1CN(CC(=O)N2N=C(c3ccccc3)C[C@@H]2c2ccc(OC)cc2)c2ccccc2O1. The highest BCUT2D eigenvalue weighted by Gasteiger charge is 2.36. The molecule has 8 nitrogen and oxygen atoms in total. The number of methoxy groups -OCH3 is 1. The molecule has 2 aliphatic heterocycles. The summed E-state index contributed by atoms with van der Waals surface area (Å²) in [6.45, 7) is 0.324. The molecule has 1 N–H and O–H groups in total. The number of ether oxygens (including phenoxy) is 2. The monoisotopic (exact) mass is 484 g/mol. The van der Waals surface area contributed by atoms with Gasteiger partial charge in [0, 0.05) is 13.5 Å². The van der Waals surface area contributed by atoms with Gasteiger partial charge < -0.3 is 19.7 Å². The lowest BCUT2D eigenvalue weighted by Crippen LogP contribution is -2.50. The maximum Gasteiger partial charge on any atom is 0.262 e. The molecular weight excluding hydrogens is 456 g/mol. The number of hydrogen-bond acceptors (Lipinski definition) is 6. The van der Waals surface area contributed by atoms with Gasteiger partial charge in [-0.15, -0.1) is 0 Å². The van der Waals surface area contributed by atoms with Crippen molar-refractivity contribution in [2.45, 2.75) is 18.6 Å². The van der Waals surface area contributed by atoms with Gasteiger partial charge >= 0.3 is 0 Å². The first-order chi connectivity index (χ1) is 17.6. The summed E-state index contributed by atoms with van der Waals surface area (Å²) in [5.74, 6) is 0.938. The third-order valence-corrected chi connectivity index (χ3v) is 6.50. The molecule has 0 unspecified atom stereocenters. The number of amides is 2. The predicted octanol–water partition coefficient (Wildman–Crippen LogP) is 3.39. The second-order valence-corrected chi connectivity index (χ2v) is 8.71. The number of likely N-dealkylation sites (N-methyl/N-ethyl adjacent to an activating group) is 1. The van der Waals surface area contributed by atoms with Gasteiger partial charge in [0.25, 0.3) is 11.8 Å². The summed E-state index contributed by atoms with van der Waals surface area (Å²) in [7, 11) is 3.20. The van der Waals surface area contributed by atoms with E-state index in [0.29, 0.717) is 12.2 Å². The van der Waals surface area contributed by atoms with Crippen molar-refractivity contribution in [2.24, 2.45) is 5.10 Å². The Morgan fingerprint density at radius 3 is 2.47 bits per heavy atom. The van der Waals surface area contributed by atoms with Gasteiger partial charge in [-0.2, -0.15) is 5.10 Å². The highest BCUT2D eigenvalue weighted by atomic mass is 16.5. The molecule has 0 aliphatic carbocycles. The maximum absolute atomic E-state index is 13.8. The molecule has 8 heteroatoms. The van der Waals surface area contributed by atoms with Crippen LogP contribution in [0.3, 0.4) is 0 Å². The van der Waals surface area contributed by atoms with Crippen LogP contribution in [0.2, 0.25) is 0 Å². The first kappa shape index (κ1) is 23.4. The van der Waals surface area contributed by atoms with E-state index in [1.807, 2.05) is 83.8 Å². The number of rotatable bonds is 6. The number of fused-ring (bicyclic) bond motifs is 1. The molecule has 3 aromatic rings. The largest absolute Gasteiger partial charge is 0.497 e. The smallest absolute Gasteiger partial charge is 0.262 e. The summed E-state index contributed by atoms with van der Waals surface area (Å²) >= 11 is 0. The minimum atomic E-state index is -0.711. The molecule has 3 aromatic carbocycles. The highest BCUT2D eigenvalue weighted by molar-refractivity contribution is 6.03. The molecule has 0 aromatic heterocycles. The Kier molecular flexibility index (Phi) is 6.58. The van der Waals surface area contributed by atoms with Gasteiger partial charge in [0.15, 0.2) is 6.10 Å². The molecule has 0 saturated heterocycles. The quantitative estimate of drug-likeness (QED) is 0.580. The van der Waals surface area contributed by atoms with E-state index in [1.54, 1.807) is 19.2 Å². The molecule has 0 bridgehead atoms. The Bertz CT molecular complexity index is 1280. The number of benzene rings is 3. The second-order valence-electron chi connectivity index (χ2n) is 8.71. The van der Waals surface area contributed by atoms with Crippen molar-refractivity contribution in [3.63, 3.8) is 0 Å². The van der Waals surface area contributed by atoms with Crippen LogP contribution in [0.25, 0.3) is 0 Å². The third-order valence-electron chi connectivity index (χ3n) is 6.50. The lowest BCUT2D eigenvalue weighted by Gasteiger charge is -2.36. The number of para-hydroxylation sites is 2. The van der Waals surface area contributed by atoms with Crippen LogP contribution in [0, 0.1) is 0 Å². The summed E-state index contributed by atoms with van der Waals surface area (Å²) in [5.41, 5.74) is 3.60. The minimum Gasteiger partial charge on any atom is -0.497 e. The summed E-state index contributed by atoms with van der Waals surface area (Å²) < 4.78 is 11.2. The fraction of sp³-hybridized carbons (Fsp3) is 0.250. The normalized spacial score (nSPS) is 18.7. The molecular formula is C28H28N4O4. The standard InChI is InChI=1S/C28H28N4O4/c1-29-28(34)26-17-31(23-10-6-7-11-25(23)36-26)18-27(33)32-24(20-12-14-21(35-2)15-13-20)16-22(30-32)19-8-4-3-5-9-19/h3-15,24,26H,16-18H2,1-2H3,(H,29,34)/t24-,26+/m1/s1. The van der Waals surface area contributed by atoms with E-state index in [-0.39, 0.29) is 30.9 Å². The van der Waals surface area contributed by atoms with Crippen LogP contribution < -0.4 is 19.7 Å². The van der Waals surface area contributed by atoms with Crippen LogP contribution in [0.15, 0.2) is 84.0 Å². The zero-order valence-electron chi connectivity index (χ0n) is 20.3. The summed E-state index contributed by atoms with van der Waals surface area (Å²) in [6, 6.07) is 24.8. The molecule has 36 heavy (non-hydrogen) atoms. The summed E-state index contributed by atoms with van der Waals surface area (Å²) in [5, 5.41) is 9.00. The lowest BCUT2D eigenvalue weighted by atomic mass is 9.98. The Balaban J connectivity index is 1.44. The van der Waals surface area contributed by atoms with E-state index in [2.05, 4.69) is 5.32 Å². The molecule has 2 atom stereocenters. The highest BCUT2D eigenvalue weighted by Crippen LogP contribution is 2.36. The van der Waals surface area contributed by atoms with Gasteiger partial charge in [0.2, 0.25) is 0 Å². The average molecular weight is 485 g/mol. The van der Waals surface area contributed by atoms with Gasteiger partial charge in [-0.1, -0.05) is 54.6 Å². The van der Waals surface area contributed by atoms with Crippen molar-refractivity contribution in [1.82, 2.24) is 10.3 Å². The van der Waals surface area contributed by atoms with E-state index in [4.69, 9.17) is 14.6 Å². The van der Waals surface area contributed by atoms with Crippen molar-refractivity contribution in [3.8, 4) is 11.5 Å². The fourth-order valence-corrected chi connectivity index (χ4v) is 4.62. The van der Waals surface area contributed by atoms with Gasteiger partial charge in [0.05, 0.1) is 37.6 Å². The molecule has 5 rings (SSSR count). The topological polar surface area (TPSA) is 83.5 Å². The van der Waals surface area contributed by atoms with E-state index >= 15 is 0 Å². The third kappa shape index (κ3) is 4.62. The number of hydrogen-bond donors (Lipinski definition) is 1. The predicted molar refractivity (Wildman–Crippen MR) is 137 cm³/mol. The van der Waals surface area contributed by atoms with Crippen molar-refractivity contribution in [3.05, 3.63) is 90.0 Å². The molecule has 2 aliphatic rings. The first-order valence-corrected chi connectivity index (χ1v) is 11.9. The van der Waals surface area contributed by atoms with E-state index in [1.165, 1.54) is 0 Å². The molecule has 0 spiro atoms. The van der Waals surface area contributed by atoms with Gasteiger partial charge in [0.1, 0.15) is 11.5 Å². The minimum absolute atomic E-state index is 0.0616. The van der Waals surface area contributed by atoms with Crippen LogP contribution in [0.5, 0.6) is 11.5 Å².